The van der Waals surface area contributed by atoms with Gasteiger partial charge in [-0.2, -0.15) is 0 Å². The molecule has 1 aliphatic carbocycles. The summed E-state index contributed by atoms with van der Waals surface area (Å²) >= 11 is 1.81. The van der Waals surface area contributed by atoms with Crippen LogP contribution in [0.15, 0.2) is 231 Å². The smallest absolute Gasteiger partial charge is 0.164 e. The van der Waals surface area contributed by atoms with E-state index < -0.39 is 0 Å². The van der Waals surface area contributed by atoms with Crippen molar-refractivity contribution >= 4 is 53.3 Å². The van der Waals surface area contributed by atoms with Crippen molar-refractivity contribution in [3.05, 3.63) is 242 Å². The third-order valence-electron chi connectivity index (χ3n) is 17.7. The fraction of sp³-hybridized carbons (Fsp3) is 0.125. The molecule has 0 amide bonds. The quantitative estimate of drug-likeness (QED) is 0.152. The van der Waals surface area contributed by atoms with Crippen molar-refractivity contribution in [2.24, 2.45) is 5.41 Å². The zero-order valence-electron chi connectivity index (χ0n) is 44.1. The van der Waals surface area contributed by atoms with Crippen molar-refractivity contribution in [2.45, 2.75) is 52.4 Å². The molecule has 0 atom stereocenters. The van der Waals surface area contributed by atoms with Gasteiger partial charge in [0.25, 0.3) is 0 Å². The van der Waals surface area contributed by atoms with E-state index in [0.717, 1.165) is 44.3 Å². The first-order chi connectivity index (χ1) is 37.4. The highest BCUT2D eigenvalue weighted by molar-refractivity contribution is 7.26. The van der Waals surface area contributed by atoms with Gasteiger partial charge in [0.2, 0.25) is 0 Å². The molecular weight excluding hydrogens is 953 g/mol. The normalized spacial score (nSPS) is 14.4. The average molecular weight is 1010 g/mol. The molecule has 0 saturated heterocycles. The number of para-hydroxylation sites is 1. The summed E-state index contributed by atoms with van der Waals surface area (Å²) in [6.45, 7) is 14.6. The van der Waals surface area contributed by atoms with Crippen molar-refractivity contribution in [1.82, 2.24) is 19.5 Å². The van der Waals surface area contributed by atoms with Gasteiger partial charge in [-0.15, -0.1) is 11.3 Å². The molecule has 3 heterocycles. The maximum absolute atomic E-state index is 5.39. The molecule has 3 aromatic heterocycles. The summed E-state index contributed by atoms with van der Waals surface area (Å²) in [5.41, 5.74) is 18.7. The SMILES string of the molecule is CC1(C)c2ccc(-n3c4ccccc4c4cc(-c5ccc6sc7cccc(-c8nc(-c9ccccc9)nc(-c9cccc(-c%10cc(-c%11ccccc%11)cc(-c%11ccccc%11)c%10)c9)n8)c7c6c5)ccc43)cc2C(C)(C)C1(C)C. The highest BCUT2D eigenvalue weighted by Gasteiger charge is 2.56. The predicted molar refractivity (Wildman–Crippen MR) is 325 cm³/mol. The Balaban J connectivity index is 0.887. The zero-order chi connectivity index (χ0) is 52.2. The molecule has 4 nitrogen and oxygen atoms in total. The lowest BCUT2D eigenvalue weighted by Gasteiger charge is -2.44. The minimum Gasteiger partial charge on any atom is -0.309 e. The van der Waals surface area contributed by atoms with Crippen LogP contribution in [-0.2, 0) is 10.8 Å². The fourth-order valence-electron chi connectivity index (χ4n) is 12.4. The molecule has 0 unspecified atom stereocenters. The van der Waals surface area contributed by atoms with Crippen LogP contribution in [0.1, 0.15) is 52.7 Å². The topological polar surface area (TPSA) is 43.6 Å². The lowest BCUT2D eigenvalue weighted by atomic mass is 9.59. The van der Waals surface area contributed by atoms with Crippen molar-refractivity contribution < 1.29 is 0 Å². The molecule has 10 aromatic carbocycles. The number of fused-ring (bicyclic) bond motifs is 7. The average Bonchev–Trinajstić information content (AvgIpc) is 4.28. The number of aromatic nitrogens is 4. The fourth-order valence-corrected chi connectivity index (χ4v) is 13.5. The van der Waals surface area contributed by atoms with Gasteiger partial charge in [-0.05, 0) is 145 Å². The second-order valence-electron chi connectivity index (χ2n) is 22.5. The number of hydrogen-bond acceptors (Lipinski definition) is 4. The summed E-state index contributed by atoms with van der Waals surface area (Å²) in [5.74, 6) is 1.90. The second kappa shape index (κ2) is 17.7. The maximum Gasteiger partial charge on any atom is 0.164 e. The summed E-state index contributed by atoms with van der Waals surface area (Å²) in [7, 11) is 0. The van der Waals surface area contributed by atoms with Gasteiger partial charge >= 0.3 is 0 Å². The van der Waals surface area contributed by atoms with E-state index in [4.69, 9.17) is 15.0 Å². The molecular formula is C72H56N4S. The Bertz CT molecular complexity index is 4410. The Morgan fingerprint density at radius 2 is 0.831 bits per heavy atom. The van der Waals surface area contributed by atoms with Crippen LogP contribution < -0.4 is 0 Å². The summed E-state index contributed by atoms with van der Waals surface area (Å²) in [5, 5.41) is 4.82. The van der Waals surface area contributed by atoms with Crippen LogP contribution in [-0.4, -0.2) is 19.5 Å². The minimum atomic E-state index is 0.00498. The van der Waals surface area contributed by atoms with Crippen molar-refractivity contribution in [3.8, 4) is 84.4 Å². The van der Waals surface area contributed by atoms with E-state index in [2.05, 4.69) is 258 Å². The van der Waals surface area contributed by atoms with Gasteiger partial charge in [0, 0.05) is 53.3 Å². The van der Waals surface area contributed by atoms with Crippen LogP contribution in [0.5, 0.6) is 0 Å². The predicted octanol–water partition coefficient (Wildman–Crippen LogP) is 19.6. The number of benzene rings is 10. The standard InChI is InChI=1S/C72H56N4S/c1-70(2)60-35-34-55(44-61(60)71(3,4)72(70,5)6)76-62-30-17-16-28-56(62)58-42-49(32-36-63(58)76)50-33-37-64-59(43-50)66-57(29-19-31-65(66)77-64)69-74-67(47-24-14-9-15-25-47)73-68(75-69)51-27-18-26-48(38-51)54-40-52(45-20-10-7-11-21-45)39-53(41-54)46-22-12-8-13-23-46/h7-44H,1-6H3. The molecule has 0 aliphatic heterocycles. The summed E-state index contributed by atoms with van der Waals surface area (Å²) in [6.07, 6.45) is 0. The number of rotatable bonds is 8. The maximum atomic E-state index is 5.39. The monoisotopic (exact) mass is 1010 g/mol. The minimum absolute atomic E-state index is 0.00498. The number of thiophene rings is 1. The van der Waals surface area contributed by atoms with Crippen LogP contribution in [0.25, 0.3) is 126 Å². The molecule has 0 fully saturated rings. The van der Waals surface area contributed by atoms with E-state index in [1.807, 2.05) is 29.5 Å². The number of nitrogens with zero attached hydrogens (tertiary/aromatic N) is 4. The lowest BCUT2D eigenvalue weighted by Crippen LogP contribution is -2.42. The van der Waals surface area contributed by atoms with Crippen molar-refractivity contribution in [3.63, 3.8) is 0 Å². The van der Waals surface area contributed by atoms with Gasteiger partial charge in [-0.25, -0.2) is 15.0 Å². The van der Waals surface area contributed by atoms with Gasteiger partial charge in [0.1, 0.15) is 0 Å². The van der Waals surface area contributed by atoms with E-state index in [1.54, 1.807) is 0 Å². The molecule has 0 radical (unpaired) electrons. The van der Waals surface area contributed by atoms with Crippen LogP contribution >= 0.6 is 11.3 Å². The molecule has 14 rings (SSSR count). The van der Waals surface area contributed by atoms with Crippen LogP contribution in [0, 0.1) is 5.41 Å². The molecule has 370 valence electrons. The van der Waals surface area contributed by atoms with E-state index >= 15 is 0 Å². The summed E-state index contributed by atoms with van der Waals surface area (Å²) < 4.78 is 4.88. The molecule has 0 N–H and O–H groups in total. The molecule has 77 heavy (non-hydrogen) atoms. The van der Waals surface area contributed by atoms with Gasteiger partial charge in [-0.1, -0.05) is 199 Å². The summed E-state index contributed by atoms with van der Waals surface area (Å²) in [4.78, 5) is 15.9. The third kappa shape index (κ3) is 7.51. The van der Waals surface area contributed by atoms with Gasteiger partial charge < -0.3 is 4.57 Å². The second-order valence-corrected chi connectivity index (χ2v) is 23.5. The van der Waals surface area contributed by atoms with E-state index in [0.29, 0.717) is 17.5 Å². The van der Waals surface area contributed by atoms with E-state index in [9.17, 15) is 0 Å². The van der Waals surface area contributed by atoms with Gasteiger partial charge in [-0.3, -0.25) is 0 Å². The molecule has 0 bridgehead atoms. The molecule has 0 spiro atoms. The first kappa shape index (κ1) is 46.7. The number of hydrogen-bond donors (Lipinski definition) is 0. The summed E-state index contributed by atoms with van der Waals surface area (Å²) in [6, 6.07) is 83.6. The molecule has 1 aliphatic rings. The largest absolute Gasteiger partial charge is 0.309 e. The van der Waals surface area contributed by atoms with Gasteiger partial charge in [0.05, 0.1) is 11.0 Å². The third-order valence-corrected chi connectivity index (χ3v) is 18.9. The van der Waals surface area contributed by atoms with Crippen LogP contribution in [0.3, 0.4) is 0 Å². The van der Waals surface area contributed by atoms with Crippen molar-refractivity contribution in [2.75, 3.05) is 0 Å². The van der Waals surface area contributed by atoms with Crippen LogP contribution in [0.4, 0.5) is 0 Å². The Hall–Kier alpha value is -8.77. The van der Waals surface area contributed by atoms with E-state index in [1.165, 1.54) is 75.7 Å². The van der Waals surface area contributed by atoms with Crippen molar-refractivity contribution in [1.29, 1.82) is 0 Å². The Morgan fingerprint density at radius 3 is 1.53 bits per heavy atom. The Labute approximate surface area is 454 Å². The van der Waals surface area contributed by atoms with Crippen LogP contribution in [0.2, 0.25) is 0 Å². The van der Waals surface area contributed by atoms with E-state index in [-0.39, 0.29) is 16.2 Å². The van der Waals surface area contributed by atoms with Gasteiger partial charge in [0.15, 0.2) is 17.5 Å². The molecule has 5 heteroatoms. The highest BCUT2D eigenvalue weighted by atomic mass is 32.1. The Morgan fingerprint density at radius 1 is 0.325 bits per heavy atom. The zero-order valence-corrected chi connectivity index (χ0v) is 45.0. The molecule has 13 aromatic rings. The first-order valence-electron chi connectivity index (χ1n) is 26.7. The highest BCUT2D eigenvalue weighted by Crippen LogP contribution is 2.62. The Kier molecular flexibility index (Phi) is 10.7. The first-order valence-corrected chi connectivity index (χ1v) is 27.6. The molecule has 0 saturated carbocycles. The lowest BCUT2D eigenvalue weighted by molar-refractivity contribution is 0.125.